The van der Waals surface area contributed by atoms with E-state index in [1.54, 1.807) is 18.2 Å². The minimum absolute atomic E-state index is 0.297. The molecule has 0 radical (unpaired) electrons. The molecule has 0 bridgehead atoms. The van der Waals surface area contributed by atoms with Crippen molar-refractivity contribution in [2.45, 2.75) is 44.9 Å². The number of fused-ring (bicyclic) bond motifs is 1. The van der Waals surface area contributed by atoms with Crippen LogP contribution in [0.5, 0.6) is 0 Å². The molecule has 2 atom stereocenters. The smallest absolute Gasteiger partial charge is 0.303 e. The monoisotopic (exact) mass is 519 g/mol. The molecule has 7 nitrogen and oxygen atoms in total. The van der Waals surface area contributed by atoms with Gasteiger partial charge < -0.3 is 10.1 Å². The van der Waals surface area contributed by atoms with Crippen molar-refractivity contribution in [3.05, 3.63) is 71.8 Å². The summed E-state index contributed by atoms with van der Waals surface area (Å²) in [5.74, 6) is 1.61. The van der Waals surface area contributed by atoms with Gasteiger partial charge in [-0.1, -0.05) is 49.4 Å². The zero-order chi connectivity index (χ0) is 26.2. The zero-order valence-electron chi connectivity index (χ0n) is 21.1. The van der Waals surface area contributed by atoms with Gasteiger partial charge in [0.05, 0.1) is 23.0 Å². The Kier molecular flexibility index (Phi) is 6.94. The van der Waals surface area contributed by atoms with Crippen LogP contribution in [0.3, 0.4) is 0 Å². The van der Waals surface area contributed by atoms with Crippen molar-refractivity contribution in [2.75, 3.05) is 11.0 Å². The van der Waals surface area contributed by atoms with Gasteiger partial charge in [-0.3, -0.25) is 9.52 Å². The summed E-state index contributed by atoms with van der Waals surface area (Å²) in [6.45, 7) is 2.26. The number of carbonyl (C=O) groups is 1. The molecule has 37 heavy (non-hydrogen) atoms. The fourth-order valence-corrected chi connectivity index (χ4v) is 6.33. The van der Waals surface area contributed by atoms with Crippen LogP contribution >= 0.6 is 0 Å². The van der Waals surface area contributed by atoms with Crippen LogP contribution < -0.4 is 4.72 Å². The molecule has 2 aromatic carbocycles. The summed E-state index contributed by atoms with van der Waals surface area (Å²) in [6, 6.07) is 13.7. The predicted molar refractivity (Wildman–Crippen MR) is 147 cm³/mol. The molecule has 0 saturated heterocycles. The molecule has 3 aromatic rings. The molecule has 5 rings (SSSR count). The highest BCUT2D eigenvalue weighted by molar-refractivity contribution is 7.92. The van der Waals surface area contributed by atoms with Crippen LogP contribution in [0.2, 0.25) is 0 Å². The fourth-order valence-electron chi connectivity index (χ4n) is 5.77. The van der Waals surface area contributed by atoms with Crippen molar-refractivity contribution in [3.8, 4) is 11.4 Å². The first-order chi connectivity index (χ1) is 17.6. The summed E-state index contributed by atoms with van der Waals surface area (Å²) in [5, 5.41) is 9.06. The van der Waals surface area contributed by atoms with E-state index >= 15 is 0 Å². The van der Waals surface area contributed by atoms with Gasteiger partial charge in [0, 0.05) is 17.9 Å². The van der Waals surface area contributed by atoms with Crippen molar-refractivity contribution in [2.24, 2.45) is 17.8 Å². The maximum absolute atomic E-state index is 11.5. The predicted octanol–water partition coefficient (Wildman–Crippen LogP) is 6.10. The molecule has 2 aliphatic rings. The van der Waals surface area contributed by atoms with Gasteiger partial charge in [-0.25, -0.2) is 13.4 Å². The fraction of sp³-hybridized carbons (Fsp3) is 0.379. The Balaban J connectivity index is 1.25. The molecule has 0 spiro atoms. The minimum atomic E-state index is -3.34. The lowest BCUT2D eigenvalue weighted by atomic mass is 9.73. The zero-order valence-corrected chi connectivity index (χ0v) is 22.0. The van der Waals surface area contributed by atoms with Crippen LogP contribution in [0, 0.1) is 17.8 Å². The number of anilines is 1. The molecule has 0 aliphatic heterocycles. The van der Waals surface area contributed by atoms with E-state index in [2.05, 4.69) is 64.1 Å². The molecule has 1 aromatic heterocycles. The van der Waals surface area contributed by atoms with E-state index in [0.717, 1.165) is 54.4 Å². The topological polar surface area (TPSA) is 112 Å². The summed E-state index contributed by atoms with van der Waals surface area (Å²) in [7, 11) is -3.34. The number of benzene rings is 2. The number of nitrogens with one attached hydrogen (secondary N) is 2. The van der Waals surface area contributed by atoms with Crippen LogP contribution in [0.25, 0.3) is 22.4 Å². The SMILES string of the molecule is CC1C=C(C2CCC(CC(=O)O)CC2)C=CC1c1ccc(-c2nc3ccc(NS(C)(=O)=O)cc3[nH]2)cc1. The van der Waals surface area contributed by atoms with Crippen LogP contribution in [0.4, 0.5) is 5.69 Å². The molecule has 2 aliphatic carbocycles. The van der Waals surface area contributed by atoms with Gasteiger partial charge in [-0.15, -0.1) is 0 Å². The van der Waals surface area contributed by atoms with Crippen molar-refractivity contribution >= 4 is 32.7 Å². The number of aromatic amines is 1. The largest absolute Gasteiger partial charge is 0.481 e. The van der Waals surface area contributed by atoms with Gasteiger partial charge in [0.25, 0.3) is 0 Å². The molecule has 1 heterocycles. The lowest BCUT2D eigenvalue weighted by molar-refractivity contribution is -0.138. The molecule has 3 N–H and O–H groups in total. The van der Waals surface area contributed by atoms with Gasteiger partial charge in [0.2, 0.25) is 10.0 Å². The van der Waals surface area contributed by atoms with Crippen molar-refractivity contribution in [1.29, 1.82) is 0 Å². The highest BCUT2D eigenvalue weighted by atomic mass is 32.2. The molecule has 8 heteroatoms. The lowest BCUT2D eigenvalue weighted by Gasteiger charge is -2.32. The lowest BCUT2D eigenvalue weighted by Crippen LogP contribution is -2.20. The maximum atomic E-state index is 11.5. The van der Waals surface area contributed by atoms with Crippen LogP contribution in [-0.4, -0.2) is 35.7 Å². The van der Waals surface area contributed by atoms with Crippen molar-refractivity contribution < 1.29 is 18.3 Å². The van der Waals surface area contributed by atoms with E-state index in [-0.39, 0.29) is 0 Å². The summed E-state index contributed by atoms with van der Waals surface area (Å²) in [4.78, 5) is 19.0. The molecule has 0 amide bonds. The van der Waals surface area contributed by atoms with E-state index in [1.165, 1.54) is 11.1 Å². The van der Waals surface area contributed by atoms with Crippen molar-refractivity contribution in [1.82, 2.24) is 9.97 Å². The number of hydrogen-bond donors (Lipinski definition) is 3. The second-order valence-corrected chi connectivity index (χ2v) is 12.3. The average molecular weight is 520 g/mol. The first-order valence-corrected chi connectivity index (χ1v) is 14.7. The molecular weight excluding hydrogens is 486 g/mol. The van der Waals surface area contributed by atoms with Gasteiger partial charge in [-0.05, 0) is 72.8 Å². The normalized spacial score (nSPS) is 24.1. The second kappa shape index (κ2) is 10.2. The minimum Gasteiger partial charge on any atom is -0.481 e. The van der Waals surface area contributed by atoms with Crippen LogP contribution in [0.1, 0.15) is 50.5 Å². The Morgan fingerprint density at radius 3 is 2.49 bits per heavy atom. The standard InChI is InChI=1S/C29H33N3O4S/c1-18-15-23(20-5-3-19(4-6-20)16-28(33)34)11-13-25(18)21-7-9-22(10-8-21)29-30-26-14-12-24(17-27(26)31-29)32-37(2,35)36/h7-15,17-20,25,32H,3-6,16H2,1-2H3,(H,30,31)(H,33,34). The Morgan fingerprint density at radius 2 is 1.84 bits per heavy atom. The van der Waals surface area contributed by atoms with Crippen LogP contribution in [0.15, 0.2) is 66.3 Å². The first kappa shape index (κ1) is 25.3. The van der Waals surface area contributed by atoms with E-state index in [1.807, 2.05) is 0 Å². The molecule has 194 valence electrons. The van der Waals surface area contributed by atoms with E-state index in [4.69, 9.17) is 5.11 Å². The second-order valence-electron chi connectivity index (χ2n) is 10.5. The number of carboxylic acid groups (broad SMARTS) is 1. The number of aromatic nitrogens is 2. The van der Waals surface area contributed by atoms with E-state index in [9.17, 15) is 13.2 Å². The Labute approximate surface area is 217 Å². The van der Waals surface area contributed by atoms with Crippen molar-refractivity contribution in [3.63, 3.8) is 0 Å². The van der Waals surface area contributed by atoms with Crippen LogP contribution in [-0.2, 0) is 14.8 Å². The highest BCUT2D eigenvalue weighted by Crippen LogP contribution is 2.40. The number of imidazole rings is 1. The van der Waals surface area contributed by atoms with Gasteiger partial charge in [0.1, 0.15) is 5.82 Å². The third-order valence-electron chi connectivity index (χ3n) is 7.65. The Hall–Kier alpha value is -3.39. The van der Waals surface area contributed by atoms with Gasteiger partial charge in [0.15, 0.2) is 0 Å². The number of allylic oxidation sites excluding steroid dienone is 4. The summed E-state index contributed by atoms with van der Waals surface area (Å²) >= 11 is 0. The maximum Gasteiger partial charge on any atom is 0.303 e. The van der Waals surface area contributed by atoms with Gasteiger partial charge >= 0.3 is 5.97 Å². The van der Waals surface area contributed by atoms with E-state index in [0.29, 0.717) is 35.8 Å². The van der Waals surface area contributed by atoms with Gasteiger partial charge in [-0.2, -0.15) is 0 Å². The number of H-pyrrole nitrogens is 1. The summed E-state index contributed by atoms with van der Waals surface area (Å²) < 4.78 is 25.6. The Bertz CT molecular complexity index is 1460. The summed E-state index contributed by atoms with van der Waals surface area (Å²) in [6.07, 6.45) is 12.6. The molecule has 2 unspecified atom stereocenters. The third kappa shape index (κ3) is 5.96. The Morgan fingerprint density at radius 1 is 1.11 bits per heavy atom. The molecule has 1 saturated carbocycles. The number of aliphatic carboxylic acids is 1. The summed E-state index contributed by atoms with van der Waals surface area (Å²) in [5.41, 5.74) is 5.67. The molecule has 1 fully saturated rings. The number of hydrogen-bond acceptors (Lipinski definition) is 4. The first-order valence-electron chi connectivity index (χ1n) is 12.8. The highest BCUT2D eigenvalue weighted by Gasteiger charge is 2.27. The quantitative estimate of drug-likeness (QED) is 0.349. The van der Waals surface area contributed by atoms with E-state index < -0.39 is 16.0 Å². The number of carboxylic acids is 1. The number of sulfonamides is 1. The third-order valence-corrected chi connectivity index (χ3v) is 8.26. The number of nitrogens with zero attached hydrogens (tertiary/aromatic N) is 1. The molecular formula is C29H33N3O4S. The average Bonchev–Trinajstić information content (AvgIpc) is 3.27. The number of rotatable bonds is 7.